The lowest BCUT2D eigenvalue weighted by atomic mass is 9.83. The van der Waals surface area contributed by atoms with Crippen molar-refractivity contribution < 1.29 is 75.0 Å². The monoisotopic (exact) mass is 877 g/mol. The van der Waals surface area contributed by atoms with Crippen LogP contribution < -0.4 is 14.8 Å². The molecule has 0 fully saturated rings. The summed E-state index contributed by atoms with van der Waals surface area (Å²) in [6.07, 6.45) is -3.09. The number of halogens is 13. The Hall–Kier alpha value is -4.59. The fraction of sp³-hybridized carbons (Fsp3) is 0.410. The summed E-state index contributed by atoms with van der Waals surface area (Å²) >= 11 is 0. The zero-order chi connectivity index (χ0) is 45.0. The fourth-order valence-electron chi connectivity index (χ4n) is 6.11. The van der Waals surface area contributed by atoms with Gasteiger partial charge in [-0.05, 0) is 98.9 Å². The summed E-state index contributed by atoms with van der Waals surface area (Å²) in [5, 5.41) is -7.63. The Morgan fingerprint density at radius 3 is 1.31 bits per heavy atom. The van der Waals surface area contributed by atoms with E-state index in [0.29, 0.717) is 0 Å². The van der Waals surface area contributed by atoms with Crippen LogP contribution in [0, 0.1) is 0 Å². The van der Waals surface area contributed by atoms with Crippen molar-refractivity contribution in [1.29, 1.82) is 0 Å². The summed E-state index contributed by atoms with van der Waals surface area (Å²) in [7, 11) is -7.86. The van der Waals surface area contributed by atoms with Gasteiger partial charge in [0.2, 0.25) is 5.71 Å². The Bertz CT molecular complexity index is 2050. The molecule has 0 unspecified atom stereocenters. The molecule has 0 saturated heterocycles. The summed E-state index contributed by atoms with van der Waals surface area (Å²) in [4.78, 5) is 8.33. The third-order valence-electron chi connectivity index (χ3n) is 9.35. The van der Waals surface area contributed by atoms with E-state index in [-0.39, 0.29) is 0 Å². The number of fused-ring (bicyclic) bond motifs is 1. The normalized spacial score (nSPS) is 14.8. The van der Waals surface area contributed by atoms with E-state index < -0.39 is 45.2 Å². The van der Waals surface area contributed by atoms with Gasteiger partial charge in [-0.3, -0.25) is 0 Å². The van der Waals surface area contributed by atoms with Gasteiger partial charge in [0.05, 0.1) is 5.56 Å². The average Bonchev–Trinajstić information content (AvgIpc) is 3.17. The Morgan fingerprint density at radius 1 is 0.559 bits per heavy atom. The lowest BCUT2D eigenvalue weighted by Gasteiger charge is -2.39. The maximum absolute atomic E-state index is 12.7. The van der Waals surface area contributed by atoms with Gasteiger partial charge in [-0.15, -0.1) is 0 Å². The lowest BCUT2D eigenvalue weighted by molar-refractivity contribution is -0.450. The zero-order valence-electron chi connectivity index (χ0n) is 32.1. The molecular formula is C39H40F13N3O3S. The number of hydrogen-bond donors (Lipinski definition) is 1. The second kappa shape index (κ2) is 17.9. The van der Waals surface area contributed by atoms with Crippen LogP contribution in [-0.2, 0) is 10.1 Å². The first-order valence-electron chi connectivity index (χ1n) is 17.9. The van der Waals surface area contributed by atoms with Crippen molar-refractivity contribution in [2.45, 2.75) is 69.7 Å². The molecule has 0 heterocycles. The SMILES string of the molecule is CC[NH+]=C1C=CC(=C(c2ccc(N(CC)CC)cc2)c2ccc(N(CC)CC)cc2)c2ccccc21.O=S(=O)([O-])C(F)(F)C(F)(F)C(F)(F)C(F)(F)C(F)(F)C(F)(F)F. The van der Waals surface area contributed by atoms with Crippen LogP contribution in [0.3, 0.4) is 0 Å². The number of nitrogens with zero attached hydrogens (tertiary/aromatic N) is 2. The summed E-state index contributed by atoms with van der Waals surface area (Å²) in [6.45, 7) is 15.9. The maximum atomic E-state index is 12.7. The summed E-state index contributed by atoms with van der Waals surface area (Å²) in [6, 6.07) is 27.0. The molecule has 20 heteroatoms. The molecule has 1 aliphatic carbocycles. The highest BCUT2D eigenvalue weighted by Crippen LogP contribution is 2.60. The highest BCUT2D eigenvalue weighted by atomic mass is 32.2. The van der Waals surface area contributed by atoms with E-state index in [1.165, 1.54) is 50.5 Å². The number of allylic oxidation sites excluding steroid dienone is 3. The van der Waals surface area contributed by atoms with Gasteiger partial charge in [-0.25, -0.2) is 13.4 Å². The molecule has 326 valence electrons. The van der Waals surface area contributed by atoms with Crippen molar-refractivity contribution in [2.75, 3.05) is 42.5 Å². The molecule has 0 amide bonds. The average molecular weight is 878 g/mol. The molecule has 1 N–H and O–H groups in total. The van der Waals surface area contributed by atoms with Crippen LogP contribution in [0.2, 0.25) is 0 Å². The Morgan fingerprint density at radius 2 is 0.949 bits per heavy atom. The first-order chi connectivity index (χ1) is 27.1. The molecule has 4 rings (SSSR count). The van der Waals surface area contributed by atoms with E-state index in [1.54, 1.807) is 0 Å². The zero-order valence-corrected chi connectivity index (χ0v) is 32.9. The quantitative estimate of drug-likeness (QED) is 0.129. The molecular weight excluding hydrogens is 837 g/mol. The lowest BCUT2D eigenvalue weighted by Crippen LogP contribution is -2.72. The standard InChI is InChI=1S/C33H39N3.C6HF13O3S/c1-6-34-32-24-23-31(29-13-11-12-14-30(29)32)33(25-15-19-27(20-16-25)35(7-2)8-3)26-17-21-28(22-18-26)36(9-4)10-5;7-1(8,3(11,12)5(15,16)17)2(9,10)4(13,14)6(18,19)23(20,21)22/h11-24H,6-10H2,1-5H3;(H,20,21,22). The minimum absolute atomic E-state index is 0.902. The second-order valence-corrected chi connectivity index (χ2v) is 14.2. The number of anilines is 2. The van der Waals surface area contributed by atoms with E-state index in [4.69, 9.17) is 0 Å². The van der Waals surface area contributed by atoms with Crippen molar-refractivity contribution in [3.63, 3.8) is 0 Å². The second-order valence-electron chi connectivity index (χ2n) is 12.8. The molecule has 1 aliphatic rings. The van der Waals surface area contributed by atoms with Gasteiger partial charge in [0.15, 0.2) is 10.1 Å². The molecule has 3 aromatic rings. The van der Waals surface area contributed by atoms with Gasteiger partial charge in [0, 0.05) is 43.6 Å². The van der Waals surface area contributed by atoms with Gasteiger partial charge in [0.1, 0.15) is 6.54 Å². The smallest absolute Gasteiger partial charge is 0.460 e. The fourth-order valence-corrected chi connectivity index (χ4v) is 6.55. The van der Waals surface area contributed by atoms with Crippen molar-refractivity contribution in [1.82, 2.24) is 0 Å². The van der Waals surface area contributed by atoms with Crippen LogP contribution in [0.5, 0.6) is 0 Å². The number of alkyl halides is 13. The van der Waals surface area contributed by atoms with Crippen LogP contribution in [0.4, 0.5) is 68.5 Å². The number of benzene rings is 3. The number of rotatable bonds is 14. The molecule has 3 aromatic carbocycles. The van der Waals surface area contributed by atoms with Gasteiger partial charge in [-0.1, -0.05) is 42.5 Å². The van der Waals surface area contributed by atoms with Gasteiger partial charge in [0.25, 0.3) is 0 Å². The Labute approximate surface area is 332 Å². The van der Waals surface area contributed by atoms with Crippen LogP contribution in [0.1, 0.15) is 56.9 Å². The van der Waals surface area contributed by atoms with Crippen molar-refractivity contribution in [3.05, 3.63) is 107 Å². The molecule has 0 saturated carbocycles. The molecule has 6 nitrogen and oxygen atoms in total. The van der Waals surface area contributed by atoms with E-state index in [2.05, 4.69) is 134 Å². The summed E-state index contributed by atoms with van der Waals surface area (Å²) in [5.74, 6) is -32.6. The minimum atomic E-state index is -8.29. The Balaban J connectivity index is 0.000000352. The number of nitrogens with one attached hydrogen (secondary N) is 1. The largest absolute Gasteiger partial charge is 0.743 e. The molecule has 0 atom stereocenters. The van der Waals surface area contributed by atoms with Crippen LogP contribution in [0.25, 0.3) is 11.1 Å². The van der Waals surface area contributed by atoms with Crippen LogP contribution in [0.15, 0.2) is 84.9 Å². The van der Waals surface area contributed by atoms with Crippen molar-refractivity contribution >= 4 is 38.4 Å². The van der Waals surface area contributed by atoms with E-state index >= 15 is 0 Å². The first kappa shape index (κ1) is 48.8. The molecule has 0 bridgehead atoms. The topological polar surface area (TPSA) is 77.7 Å². The van der Waals surface area contributed by atoms with Gasteiger partial charge in [-0.2, -0.15) is 57.1 Å². The molecule has 0 radical (unpaired) electrons. The van der Waals surface area contributed by atoms with E-state index in [0.717, 1.165) is 32.7 Å². The molecule has 59 heavy (non-hydrogen) atoms. The predicted molar refractivity (Wildman–Crippen MR) is 198 cm³/mol. The minimum Gasteiger partial charge on any atom is -0.743 e. The highest BCUT2D eigenvalue weighted by molar-refractivity contribution is 7.86. The summed E-state index contributed by atoms with van der Waals surface area (Å²) < 4.78 is 189. The summed E-state index contributed by atoms with van der Waals surface area (Å²) in [5.41, 5.74) is 11.3. The third kappa shape index (κ3) is 9.12. The highest BCUT2D eigenvalue weighted by Gasteiger charge is 2.91. The van der Waals surface area contributed by atoms with E-state index in [1.807, 2.05) is 0 Å². The third-order valence-corrected chi connectivity index (χ3v) is 10.2. The molecule has 0 aliphatic heterocycles. The van der Waals surface area contributed by atoms with Gasteiger partial charge >= 0.3 is 35.1 Å². The first-order valence-corrected chi connectivity index (χ1v) is 19.3. The predicted octanol–water partition coefficient (Wildman–Crippen LogP) is 9.03. The van der Waals surface area contributed by atoms with Crippen molar-refractivity contribution in [3.8, 4) is 0 Å². The molecule has 0 aromatic heterocycles. The van der Waals surface area contributed by atoms with Crippen molar-refractivity contribution in [2.24, 2.45) is 0 Å². The van der Waals surface area contributed by atoms with Gasteiger partial charge < -0.3 is 14.4 Å². The van der Waals surface area contributed by atoms with E-state index in [9.17, 15) is 70.0 Å². The number of hydrogen-bond acceptors (Lipinski definition) is 5. The van der Waals surface area contributed by atoms with Crippen LogP contribution in [-0.4, -0.2) is 86.5 Å². The Kier molecular flexibility index (Phi) is 14.8. The van der Waals surface area contributed by atoms with Crippen LogP contribution >= 0.6 is 0 Å². The maximum Gasteiger partial charge on any atom is 0.460 e. The molecule has 0 spiro atoms.